The number of nitrogens with zero attached hydrogens (tertiary/aromatic N) is 4. The highest BCUT2D eigenvalue weighted by Crippen LogP contribution is 2.28. The van der Waals surface area contributed by atoms with Crippen LogP contribution in [0.3, 0.4) is 0 Å². The molecule has 0 N–H and O–H groups in total. The number of halogens is 1. The molecular weight excluding hydrogens is 424 g/mol. The zero-order chi connectivity index (χ0) is 20.4. The molecule has 0 amide bonds. The molecule has 8 heteroatoms. The van der Waals surface area contributed by atoms with Gasteiger partial charge < -0.3 is 4.57 Å². The van der Waals surface area contributed by atoms with Crippen LogP contribution in [0.15, 0.2) is 44.7 Å². The lowest BCUT2D eigenvalue weighted by Gasteiger charge is -2.19. The summed E-state index contributed by atoms with van der Waals surface area (Å²) in [6.07, 6.45) is 3.43. The number of aromatic nitrogens is 4. The van der Waals surface area contributed by atoms with Gasteiger partial charge in [0.15, 0.2) is 21.7 Å². The summed E-state index contributed by atoms with van der Waals surface area (Å²) >= 11 is 3.41. The molecule has 28 heavy (non-hydrogen) atoms. The summed E-state index contributed by atoms with van der Waals surface area (Å²) in [5, 5.41) is 0. The Balaban J connectivity index is 2.24. The van der Waals surface area contributed by atoms with Crippen LogP contribution in [-0.2, 0) is 14.1 Å². The highest BCUT2D eigenvalue weighted by atomic mass is 79.9. The summed E-state index contributed by atoms with van der Waals surface area (Å²) in [5.74, 6) is -0.0763. The van der Waals surface area contributed by atoms with Gasteiger partial charge in [0.05, 0.1) is 6.04 Å². The van der Waals surface area contributed by atoms with E-state index in [2.05, 4.69) is 27.8 Å². The van der Waals surface area contributed by atoms with Crippen LogP contribution in [0.25, 0.3) is 11.2 Å². The lowest BCUT2D eigenvalue weighted by Crippen LogP contribution is -2.38. The van der Waals surface area contributed by atoms with Crippen LogP contribution in [-0.4, -0.2) is 24.5 Å². The van der Waals surface area contributed by atoms with E-state index in [4.69, 9.17) is 0 Å². The lowest BCUT2D eigenvalue weighted by atomic mass is 9.98. The van der Waals surface area contributed by atoms with Crippen molar-refractivity contribution in [3.8, 4) is 0 Å². The molecule has 0 aliphatic carbocycles. The molecule has 0 bridgehead atoms. The third kappa shape index (κ3) is 3.48. The monoisotopic (exact) mass is 446 g/mol. The van der Waals surface area contributed by atoms with Crippen LogP contribution in [0.4, 0.5) is 0 Å². The number of ketones is 1. The fraction of sp³-hybridized carbons (Fsp3) is 0.400. The van der Waals surface area contributed by atoms with Gasteiger partial charge in [-0.3, -0.25) is 18.7 Å². The maximum atomic E-state index is 13.3. The van der Waals surface area contributed by atoms with Gasteiger partial charge in [0.25, 0.3) is 5.56 Å². The van der Waals surface area contributed by atoms with Crippen LogP contribution in [0.5, 0.6) is 0 Å². The quantitative estimate of drug-likeness (QED) is 0.317. The number of hydrogen-bond donors (Lipinski definition) is 0. The number of rotatable bonds is 7. The second kappa shape index (κ2) is 8.26. The van der Waals surface area contributed by atoms with Gasteiger partial charge in [-0.1, -0.05) is 56.5 Å². The average Bonchev–Trinajstić information content (AvgIpc) is 3.05. The van der Waals surface area contributed by atoms with Gasteiger partial charge >= 0.3 is 5.69 Å². The molecule has 0 saturated heterocycles. The first-order chi connectivity index (χ1) is 13.4. The van der Waals surface area contributed by atoms with Gasteiger partial charge in [0.2, 0.25) is 0 Å². The van der Waals surface area contributed by atoms with Crippen LogP contribution in [0.1, 0.15) is 49.0 Å². The molecule has 0 fully saturated rings. The lowest BCUT2D eigenvalue weighted by molar-refractivity contribution is 0.0918. The maximum absolute atomic E-state index is 13.3. The van der Waals surface area contributed by atoms with Crippen molar-refractivity contribution in [1.29, 1.82) is 0 Å². The number of aryl methyl sites for hydroxylation is 1. The predicted octanol–water partition coefficient (Wildman–Crippen LogP) is 3.20. The molecule has 2 heterocycles. The number of hydrogen-bond acceptors (Lipinski definition) is 4. The molecule has 0 radical (unpaired) electrons. The molecule has 2 aromatic heterocycles. The smallest absolute Gasteiger partial charge is 0.302 e. The minimum absolute atomic E-state index is 0.0763. The minimum atomic E-state index is -0.585. The molecule has 0 aliphatic rings. The van der Waals surface area contributed by atoms with Crippen molar-refractivity contribution < 1.29 is 4.79 Å². The zero-order valence-electron chi connectivity index (χ0n) is 16.2. The summed E-state index contributed by atoms with van der Waals surface area (Å²) in [5.41, 5.74) is 0.187. The zero-order valence-corrected chi connectivity index (χ0v) is 17.8. The van der Waals surface area contributed by atoms with Crippen molar-refractivity contribution in [1.82, 2.24) is 18.7 Å². The van der Waals surface area contributed by atoms with Gasteiger partial charge in [-0.25, -0.2) is 9.78 Å². The summed E-state index contributed by atoms with van der Waals surface area (Å²) in [6.45, 7) is 2.10. The van der Waals surface area contributed by atoms with Crippen molar-refractivity contribution in [2.24, 2.45) is 14.1 Å². The van der Waals surface area contributed by atoms with E-state index in [0.29, 0.717) is 16.7 Å². The van der Waals surface area contributed by atoms with Crippen LogP contribution >= 0.6 is 15.9 Å². The third-order valence-electron chi connectivity index (χ3n) is 5.00. The fourth-order valence-corrected chi connectivity index (χ4v) is 4.02. The summed E-state index contributed by atoms with van der Waals surface area (Å²) in [4.78, 5) is 42.9. The van der Waals surface area contributed by atoms with E-state index in [1.165, 1.54) is 11.6 Å². The second-order valence-electron chi connectivity index (χ2n) is 6.87. The van der Waals surface area contributed by atoms with Gasteiger partial charge in [-0.05, 0) is 22.4 Å². The van der Waals surface area contributed by atoms with Crippen LogP contribution < -0.4 is 11.2 Å². The van der Waals surface area contributed by atoms with E-state index < -0.39 is 17.3 Å². The van der Waals surface area contributed by atoms with Gasteiger partial charge in [0.1, 0.15) is 0 Å². The average molecular weight is 447 g/mol. The first-order valence-corrected chi connectivity index (χ1v) is 10.1. The molecular formula is C20H23BrN4O3. The molecule has 3 aromatic rings. The van der Waals surface area contributed by atoms with E-state index in [0.717, 1.165) is 23.8 Å². The summed E-state index contributed by atoms with van der Waals surface area (Å²) in [7, 11) is 3.00. The van der Waals surface area contributed by atoms with E-state index in [1.807, 2.05) is 18.2 Å². The molecule has 0 spiro atoms. The molecule has 0 saturated carbocycles. The third-order valence-corrected chi connectivity index (χ3v) is 5.56. The molecule has 7 nitrogen and oxygen atoms in total. The fourth-order valence-electron chi connectivity index (χ4n) is 3.43. The van der Waals surface area contributed by atoms with Crippen molar-refractivity contribution >= 4 is 32.9 Å². The Bertz CT molecular complexity index is 1130. The number of unbranched alkanes of at least 4 members (excludes halogenated alkanes) is 2. The van der Waals surface area contributed by atoms with Gasteiger partial charge in [0, 0.05) is 19.7 Å². The number of imidazole rings is 1. The van der Waals surface area contributed by atoms with Crippen LogP contribution in [0, 0.1) is 0 Å². The number of carbonyl (C=O) groups is 1. The number of fused-ring (bicyclic) bond motifs is 1. The number of benzene rings is 1. The van der Waals surface area contributed by atoms with Gasteiger partial charge in [-0.15, -0.1) is 0 Å². The van der Waals surface area contributed by atoms with Crippen LogP contribution in [0.2, 0.25) is 0 Å². The molecule has 0 unspecified atom stereocenters. The first-order valence-electron chi connectivity index (χ1n) is 9.31. The number of carbonyl (C=O) groups excluding carboxylic acids is 1. The normalized spacial score (nSPS) is 12.4. The Hall–Kier alpha value is -2.48. The Morgan fingerprint density at radius 1 is 1.11 bits per heavy atom. The molecule has 3 rings (SSSR count). The highest BCUT2D eigenvalue weighted by molar-refractivity contribution is 9.10. The first kappa shape index (κ1) is 20.3. The number of Topliss-reactive ketones (excluding diaryl/α,β-unsaturated/α-hetero) is 1. The Morgan fingerprint density at radius 3 is 2.43 bits per heavy atom. The molecule has 0 aliphatic heterocycles. The Labute approximate surface area is 170 Å². The maximum Gasteiger partial charge on any atom is 0.332 e. The topological polar surface area (TPSA) is 78.9 Å². The Kier molecular flexibility index (Phi) is 5.98. The van der Waals surface area contributed by atoms with Crippen molar-refractivity contribution in [3.05, 3.63) is 61.5 Å². The van der Waals surface area contributed by atoms with E-state index in [1.54, 1.807) is 23.7 Å². The minimum Gasteiger partial charge on any atom is -0.302 e. The molecule has 148 valence electrons. The SMILES string of the molecule is CCCCC[C@H](C(=O)c1ccccc1)n1c(Br)nc2c1c(=O)n(C)c(=O)n2C. The molecule has 1 atom stereocenters. The van der Waals surface area contributed by atoms with Crippen molar-refractivity contribution in [3.63, 3.8) is 0 Å². The Morgan fingerprint density at radius 2 is 1.79 bits per heavy atom. The van der Waals surface area contributed by atoms with Crippen molar-refractivity contribution in [2.45, 2.75) is 38.6 Å². The molecule has 1 aromatic carbocycles. The van der Waals surface area contributed by atoms with E-state index in [-0.39, 0.29) is 16.9 Å². The predicted molar refractivity (Wildman–Crippen MR) is 112 cm³/mol. The van der Waals surface area contributed by atoms with E-state index >= 15 is 0 Å². The van der Waals surface area contributed by atoms with Crippen molar-refractivity contribution in [2.75, 3.05) is 0 Å². The summed E-state index contributed by atoms with van der Waals surface area (Å²) in [6, 6.07) is 8.46. The van der Waals surface area contributed by atoms with Gasteiger partial charge in [-0.2, -0.15) is 0 Å². The largest absolute Gasteiger partial charge is 0.332 e. The summed E-state index contributed by atoms with van der Waals surface area (Å²) < 4.78 is 4.38. The van der Waals surface area contributed by atoms with E-state index in [9.17, 15) is 14.4 Å². The highest BCUT2D eigenvalue weighted by Gasteiger charge is 2.28. The second-order valence-corrected chi connectivity index (χ2v) is 7.58. The standard InChI is InChI=1S/C20H23BrN4O3/c1-4-5-7-12-14(16(26)13-10-8-6-9-11-13)25-15-17(22-19(25)21)23(2)20(28)24(3)18(15)27/h6,8-11,14H,4-5,7,12H2,1-3H3/t14-/m1/s1.